The third kappa shape index (κ3) is 3.30. The second-order valence-corrected chi connectivity index (χ2v) is 6.87. The molecule has 2 saturated heterocycles. The number of para-hydroxylation sites is 1. The molecule has 0 bridgehead atoms. The van der Waals surface area contributed by atoms with E-state index in [0.29, 0.717) is 6.10 Å². The van der Waals surface area contributed by atoms with Crippen molar-refractivity contribution in [1.82, 2.24) is 0 Å². The summed E-state index contributed by atoms with van der Waals surface area (Å²) in [6.07, 6.45) is 4.52. The number of rotatable bonds is 4. The highest BCUT2D eigenvalue weighted by Gasteiger charge is 2.40. The highest BCUT2D eigenvalue weighted by Crippen LogP contribution is 2.39. The second kappa shape index (κ2) is 6.37. The quantitative estimate of drug-likeness (QED) is 0.867. The lowest BCUT2D eigenvalue weighted by Gasteiger charge is -2.37. The average molecular weight is 293 g/mol. The Morgan fingerprint density at radius 1 is 1.40 bits per heavy atom. The lowest BCUT2D eigenvalue weighted by molar-refractivity contribution is -0.120. The summed E-state index contributed by atoms with van der Waals surface area (Å²) in [6, 6.07) is 8.04. The summed E-state index contributed by atoms with van der Waals surface area (Å²) in [5.41, 5.74) is 8.12. The topological polar surface area (TPSA) is 44.5 Å². The Kier molecular flexibility index (Phi) is 4.54. The minimum Gasteiger partial charge on any atom is -0.399 e. The van der Waals surface area contributed by atoms with Crippen molar-refractivity contribution in [2.45, 2.75) is 37.4 Å². The fourth-order valence-corrected chi connectivity index (χ4v) is 4.46. The Labute approximate surface area is 125 Å². The molecule has 1 spiro atoms. The maximum absolute atomic E-state index is 6.08. The smallest absolute Gasteiger partial charge is 0.0805 e. The van der Waals surface area contributed by atoms with Crippen LogP contribution in [0.1, 0.15) is 24.8 Å². The van der Waals surface area contributed by atoms with E-state index >= 15 is 0 Å². The average Bonchev–Trinajstić information content (AvgIpc) is 2.89. The van der Waals surface area contributed by atoms with Crippen LogP contribution in [0, 0.1) is 0 Å². The number of thioether (sulfide) groups is 1. The van der Waals surface area contributed by atoms with Crippen LogP contribution >= 0.6 is 11.8 Å². The molecular formula is C16H23NO2S. The Hall–Kier alpha value is -0.710. The molecule has 2 unspecified atom stereocenters. The minimum absolute atomic E-state index is 0.110. The van der Waals surface area contributed by atoms with E-state index in [2.05, 4.69) is 6.07 Å². The minimum atomic E-state index is 0.110. The third-order valence-electron chi connectivity index (χ3n) is 4.29. The van der Waals surface area contributed by atoms with Gasteiger partial charge in [-0.2, -0.15) is 11.8 Å². The number of hydrogen-bond donors (Lipinski definition) is 1. The van der Waals surface area contributed by atoms with E-state index in [0.717, 1.165) is 43.9 Å². The van der Waals surface area contributed by atoms with Crippen LogP contribution in [0.3, 0.4) is 0 Å². The van der Waals surface area contributed by atoms with Gasteiger partial charge in [-0.25, -0.2) is 0 Å². The molecule has 2 heterocycles. The number of nitrogen functional groups attached to an aromatic ring is 1. The fourth-order valence-electron chi connectivity index (χ4n) is 3.09. The SMILES string of the molecule is Nc1ccccc1CCOC1CCOC2(CCSC2)C1. The number of anilines is 1. The van der Waals surface area contributed by atoms with Crippen LogP contribution in [0.4, 0.5) is 5.69 Å². The molecule has 0 radical (unpaired) electrons. The number of ether oxygens (including phenoxy) is 2. The molecule has 1 aromatic rings. The van der Waals surface area contributed by atoms with Gasteiger partial charge in [0, 0.05) is 24.5 Å². The van der Waals surface area contributed by atoms with Crippen molar-refractivity contribution in [2.24, 2.45) is 0 Å². The zero-order chi connectivity index (χ0) is 13.8. The van der Waals surface area contributed by atoms with E-state index in [-0.39, 0.29) is 5.60 Å². The number of nitrogens with two attached hydrogens (primary N) is 1. The number of hydrogen-bond acceptors (Lipinski definition) is 4. The summed E-state index contributed by atoms with van der Waals surface area (Å²) in [5, 5.41) is 0. The molecule has 0 amide bonds. The van der Waals surface area contributed by atoms with Gasteiger partial charge in [-0.05, 0) is 36.6 Å². The first-order chi connectivity index (χ1) is 9.77. The molecule has 2 fully saturated rings. The molecule has 0 aromatic heterocycles. The molecular weight excluding hydrogens is 270 g/mol. The van der Waals surface area contributed by atoms with Crippen LogP contribution in [-0.2, 0) is 15.9 Å². The van der Waals surface area contributed by atoms with Gasteiger partial charge in [0.25, 0.3) is 0 Å². The van der Waals surface area contributed by atoms with E-state index in [4.69, 9.17) is 15.2 Å². The van der Waals surface area contributed by atoms with Gasteiger partial charge in [-0.15, -0.1) is 0 Å². The van der Waals surface area contributed by atoms with Gasteiger partial charge >= 0.3 is 0 Å². The lowest BCUT2D eigenvalue weighted by Crippen LogP contribution is -2.43. The molecule has 3 nitrogen and oxygen atoms in total. The Morgan fingerprint density at radius 3 is 3.10 bits per heavy atom. The van der Waals surface area contributed by atoms with E-state index in [1.54, 1.807) is 0 Å². The van der Waals surface area contributed by atoms with Crippen molar-refractivity contribution in [3.05, 3.63) is 29.8 Å². The van der Waals surface area contributed by atoms with Gasteiger partial charge in [-0.1, -0.05) is 18.2 Å². The fraction of sp³-hybridized carbons (Fsp3) is 0.625. The van der Waals surface area contributed by atoms with Crippen LogP contribution in [0.5, 0.6) is 0 Å². The molecule has 3 rings (SSSR count). The molecule has 0 aliphatic carbocycles. The van der Waals surface area contributed by atoms with Crippen LogP contribution in [-0.4, -0.2) is 36.4 Å². The van der Waals surface area contributed by atoms with Gasteiger partial charge < -0.3 is 15.2 Å². The van der Waals surface area contributed by atoms with E-state index < -0.39 is 0 Å². The van der Waals surface area contributed by atoms with E-state index in [9.17, 15) is 0 Å². The summed E-state index contributed by atoms with van der Waals surface area (Å²) >= 11 is 2.01. The van der Waals surface area contributed by atoms with Crippen molar-refractivity contribution in [2.75, 3.05) is 30.5 Å². The molecule has 110 valence electrons. The van der Waals surface area contributed by atoms with Gasteiger partial charge in [0.15, 0.2) is 0 Å². The van der Waals surface area contributed by atoms with Gasteiger partial charge in [0.05, 0.1) is 18.3 Å². The normalized spacial score (nSPS) is 29.9. The zero-order valence-corrected chi connectivity index (χ0v) is 12.7. The molecule has 1 aromatic carbocycles. The van der Waals surface area contributed by atoms with Crippen molar-refractivity contribution >= 4 is 17.4 Å². The van der Waals surface area contributed by atoms with E-state index in [1.807, 2.05) is 30.0 Å². The first-order valence-electron chi connectivity index (χ1n) is 7.44. The summed E-state index contributed by atoms with van der Waals surface area (Å²) in [4.78, 5) is 0. The van der Waals surface area contributed by atoms with Gasteiger partial charge in [0.1, 0.15) is 0 Å². The monoisotopic (exact) mass is 293 g/mol. The third-order valence-corrected chi connectivity index (χ3v) is 5.52. The standard InChI is InChI=1S/C16H23NO2S/c17-15-4-2-1-3-13(15)5-8-18-14-6-9-19-16(11-14)7-10-20-12-16/h1-4,14H,5-12,17H2. The largest absolute Gasteiger partial charge is 0.399 e. The van der Waals surface area contributed by atoms with Crippen LogP contribution in [0.15, 0.2) is 24.3 Å². The van der Waals surface area contributed by atoms with Crippen molar-refractivity contribution < 1.29 is 9.47 Å². The van der Waals surface area contributed by atoms with E-state index in [1.165, 1.54) is 17.7 Å². The molecule has 20 heavy (non-hydrogen) atoms. The van der Waals surface area contributed by atoms with Crippen LogP contribution < -0.4 is 5.73 Å². The highest BCUT2D eigenvalue weighted by atomic mass is 32.2. The zero-order valence-electron chi connectivity index (χ0n) is 11.8. The molecule has 4 heteroatoms. The molecule has 2 aliphatic heterocycles. The first kappa shape index (κ1) is 14.2. The summed E-state index contributed by atoms with van der Waals surface area (Å²) in [6.45, 7) is 1.60. The van der Waals surface area contributed by atoms with Gasteiger partial charge in [-0.3, -0.25) is 0 Å². The Bertz CT molecular complexity index is 446. The maximum atomic E-state index is 6.08. The van der Waals surface area contributed by atoms with Gasteiger partial charge in [0.2, 0.25) is 0 Å². The summed E-state index contributed by atoms with van der Waals surface area (Å²) in [5.74, 6) is 2.37. The van der Waals surface area contributed by atoms with Crippen LogP contribution in [0.25, 0.3) is 0 Å². The highest BCUT2D eigenvalue weighted by molar-refractivity contribution is 7.99. The summed E-state index contributed by atoms with van der Waals surface area (Å²) in [7, 11) is 0. The summed E-state index contributed by atoms with van der Waals surface area (Å²) < 4.78 is 12.1. The first-order valence-corrected chi connectivity index (χ1v) is 8.60. The maximum Gasteiger partial charge on any atom is 0.0805 e. The molecule has 2 N–H and O–H groups in total. The van der Waals surface area contributed by atoms with Crippen molar-refractivity contribution in [1.29, 1.82) is 0 Å². The Balaban J connectivity index is 1.48. The molecule has 2 aliphatic rings. The predicted octanol–water partition coefficient (Wildman–Crippen LogP) is 2.88. The Morgan fingerprint density at radius 2 is 2.30 bits per heavy atom. The van der Waals surface area contributed by atoms with Crippen LogP contribution in [0.2, 0.25) is 0 Å². The molecule has 0 saturated carbocycles. The predicted molar refractivity (Wildman–Crippen MR) is 84.2 cm³/mol. The lowest BCUT2D eigenvalue weighted by atomic mass is 9.91. The number of benzene rings is 1. The van der Waals surface area contributed by atoms with Crippen molar-refractivity contribution in [3.63, 3.8) is 0 Å². The molecule has 2 atom stereocenters. The second-order valence-electron chi connectivity index (χ2n) is 5.77. The van der Waals surface area contributed by atoms with Crippen molar-refractivity contribution in [3.8, 4) is 0 Å².